The van der Waals surface area contributed by atoms with Gasteiger partial charge in [-0.2, -0.15) is 0 Å². The van der Waals surface area contributed by atoms with Crippen LogP contribution in [0.1, 0.15) is 17.9 Å². The number of rotatable bonds is 6. The number of carbonyl (C=O) groups is 2. The molecule has 7 nitrogen and oxygen atoms in total. The monoisotopic (exact) mass is 368 g/mol. The van der Waals surface area contributed by atoms with Gasteiger partial charge in [-0.3, -0.25) is 9.59 Å². The lowest BCUT2D eigenvalue weighted by Crippen LogP contribution is -2.42. The van der Waals surface area contributed by atoms with Gasteiger partial charge in [0.1, 0.15) is 16.8 Å². The fourth-order valence-electron chi connectivity index (χ4n) is 2.13. The zero-order valence-corrected chi connectivity index (χ0v) is 14.2. The smallest absolute Gasteiger partial charge is 0.309 e. The van der Waals surface area contributed by atoms with Gasteiger partial charge in [0.25, 0.3) is 0 Å². The molecule has 0 radical (unpaired) electrons. The molecule has 0 bridgehead atoms. The summed E-state index contributed by atoms with van der Waals surface area (Å²) in [5.74, 6) is -2.29. The van der Waals surface area contributed by atoms with Gasteiger partial charge in [0.15, 0.2) is 9.84 Å². The molecular formula is C16H17FN2O5S. The predicted octanol–water partition coefficient (Wildman–Crippen LogP) is 1.19. The van der Waals surface area contributed by atoms with E-state index in [-0.39, 0.29) is 23.7 Å². The maximum atomic E-state index is 13.0. The summed E-state index contributed by atoms with van der Waals surface area (Å²) in [6.07, 6.45) is 1.30. The van der Waals surface area contributed by atoms with Crippen molar-refractivity contribution in [2.75, 3.05) is 13.1 Å². The maximum absolute atomic E-state index is 13.0. The summed E-state index contributed by atoms with van der Waals surface area (Å²) in [6.45, 7) is 1.54. The highest BCUT2D eigenvalue weighted by molar-refractivity contribution is 7.91. The van der Waals surface area contributed by atoms with Crippen LogP contribution in [0.5, 0.6) is 0 Å². The molecule has 2 aromatic rings. The number of benzene rings is 1. The summed E-state index contributed by atoms with van der Waals surface area (Å²) in [5.41, 5.74) is 0. The van der Waals surface area contributed by atoms with Crippen molar-refractivity contribution in [2.45, 2.75) is 17.1 Å². The van der Waals surface area contributed by atoms with Gasteiger partial charge < -0.3 is 15.1 Å². The highest BCUT2D eigenvalue weighted by Crippen LogP contribution is 2.29. The van der Waals surface area contributed by atoms with Crippen molar-refractivity contribution in [1.82, 2.24) is 10.6 Å². The number of sulfone groups is 1. The van der Waals surface area contributed by atoms with E-state index in [0.29, 0.717) is 0 Å². The zero-order chi connectivity index (χ0) is 18.4. The molecule has 2 amide bonds. The number of amides is 2. The largest absolute Gasteiger partial charge is 0.468 e. The number of hydrogen-bond acceptors (Lipinski definition) is 5. The van der Waals surface area contributed by atoms with E-state index < -0.39 is 32.7 Å². The minimum Gasteiger partial charge on any atom is -0.468 e. The van der Waals surface area contributed by atoms with Crippen molar-refractivity contribution in [3.05, 3.63) is 54.2 Å². The van der Waals surface area contributed by atoms with E-state index in [9.17, 15) is 22.4 Å². The average molecular weight is 368 g/mol. The van der Waals surface area contributed by atoms with E-state index in [2.05, 4.69) is 10.6 Å². The van der Waals surface area contributed by atoms with Crippen LogP contribution in [0, 0.1) is 5.82 Å². The maximum Gasteiger partial charge on any atom is 0.309 e. The molecule has 25 heavy (non-hydrogen) atoms. The molecule has 1 heterocycles. The Hall–Kier alpha value is -2.68. The van der Waals surface area contributed by atoms with E-state index in [1.54, 1.807) is 6.92 Å². The van der Waals surface area contributed by atoms with E-state index >= 15 is 0 Å². The van der Waals surface area contributed by atoms with Crippen LogP contribution >= 0.6 is 0 Å². The number of halogens is 1. The molecule has 0 fully saturated rings. The Morgan fingerprint density at radius 1 is 1.12 bits per heavy atom. The molecule has 0 aliphatic rings. The molecule has 0 saturated carbocycles. The standard InChI is InChI=1S/C16H17FN2O5S/c1-2-18-15(20)16(21)19-10-14(13-4-3-9-24-13)25(22,23)12-7-5-11(17)6-8-12/h3-9,14H,2,10H2,1H3,(H,18,20)(H,19,21)/t14-/m0/s1. The number of carbonyl (C=O) groups excluding carboxylic acids is 2. The Morgan fingerprint density at radius 2 is 1.76 bits per heavy atom. The van der Waals surface area contributed by atoms with Gasteiger partial charge in [0, 0.05) is 13.1 Å². The molecule has 0 unspecified atom stereocenters. The first kappa shape index (κ1) is 18.7. The van der Waals surface area contributed by atoms with Crippen molar-refractivity contribution in [2.24, 2.45) is 0 Å². The van der Waals surface area contributed by atoms with Crippen LogP contribution in [-0.4, -0.2) is 33.3 Å². The van der Waals surface area contributed by atoms with E-state index in [1.807, 2.05) is 0 Å². The van der Waals surface area contributed by atoms with Crippen LogP contribution in [0.15, 0.2) is 52.0 Å². The summed E-state index contributed by atoms with van der Waals surface area (Å²) in [7, 11) is -3.98. The Labute approximate surface area is 144 Å². The summed E-state index contributed by atoms with van der Waals surface area (Å²) >= 11 is 0. The molecule has 0 aliphatic heterocycles. The minimum atomic E-state index is -3.98. The van der Waals surface area contributed by atoms with Crippen molar-refractivity contribution >= 4 is 21.7 Å². The van der Waals surface area contributed by atoms with Crippen LogP contribution < -0.4 is 10.6 Å². The van der Waals surface area contributed by atoms with Gasteiger partial charge in [-0.1, -0.05) is 0 Å². The second-order valence-electron chi connectivity index (χ2n) is 5.07. The lowest BCUT2D eigenvalue weighted by atomic mass is 10.3. The molecule has 1 aromatic carbocycles. The zero-order valence-electron chi connectivity index (χ0n) is 13.4. The Kier molecular flexibility index (Phi) is 5.92. The van der Waals surface area contributed by atoms with Crippen LogP contribution in [-0.2, 0) is 19.4 Å². The summed E-state index contributed by atoms with van der Waals surface area (Å²) in [4.78, 5) is 23.1. The van der Waals surface area contributed by atoms with Crippen molar-refractivity contribution < 1.29 is 26.8 Å². The number of nitrogens with one attached hydrogen (secondary N) is 2. The van der Waals surface area contributed by atoms with Gasteiger partial charge in [-0.25, -0.2) is 12.8 Å². The summed E-state index contributed by atoms with van der Waals surface area (Å²) < 4.78 is 43.8. The third kappa shape index (κ3) is 4.44. The predicted molar refractivity (Wildman–Crippen MR) is 86.7 cm³/mol. The molecule has 1 atom stereocenters. The normalized spacial score (nSPS) is 12.4. The Bertz CT molecular complexity index is 832. The molecule has 1 aromatic heterocycles. The first-order valence-corrected chi connectivity index (χ1v) is 8.99. The summed E-state index contributed by atoms with van der Waals surface area (Å²) in [5, 5.41) is 3.34. The second-order valence-corrected chi connectivity index (χ2v) is 7.20. The third-order valence-electron chi connectivity index (χ3n) is 3.37. The highest BCUT2D eigenvalue weighted by atomic mass is 32.2. The first-order valence-electron chi connectivity index (χ1n) is 7.45. The van der Waals surface area contributed by atoms with E-state index in [0.717, 1.165) is 24.3 Å². The van der Waals surface area contributed by atoms with Crippen LogP contribution in [0.3, 0.4) is 0 Å². The Balaban J connectivity index is 2.26. The van der Waals surface area contributed by atoms with Crippen LogP contribution in [0.2, 0.25) is 0 Å². The lowest BCUT2D eigenvalue weighted by molar-refractivity contribution is -0.139. The van der Waals surface area contributed by atoms with Gasteiger partial charge in [0.2, 0.25) is 0 Å². The molecule has 2 rings (SSSR count). The van der Waals surface area contributed by atoms with Crippen LogP contribution in [0.4, 0.5) is 4.39 Å². The summed E-state index contributed by atoms with van der Waals surface area (Å²) in [6, 6.07) is 7.27. The minimum absolute atomic E-state index is 0.0977. The van der Waals surface area contributed by atoms with Gasteiger partial charge in [0.05, 0.1) is 11.2 Å². The average Bonchev–Trinajstić information content (AvgIpc) is 3.09. The third-order valence-corrected chi connectivity index (χ3v) is 5.45. The van der Waals surface area contributed by atoms with Crippen molar-refractivity contribution in [3.63, 3.8) is 0 Å². The van der Waals surface area contributed by atoms with Gasteiger partial charge in [-0.15, -0.1) is 0 Å². The number of hydrogen-bond donors (Lipinski definition) is 2. The Morgan fingerprint density at radius 3 is 2.32 bits per heavy atom. The fraction of sp³-hybridized carbons (Fsp3) is 0.250. The number of likely N-dealkylation sites (N-methyl/N-ethyl adjacent to an activating group) is 1. The van der Waals surface area contributed by atoms with E-state index in [1.165, 1.54) is 18.4 Å². The SMILES string of the molecule is CCNC(=O)C(=O)NC[C@@H](c1ccco1)S(=O)(=O)c1ccc(F)cc1. The first-order chi connectivity index (χ1) is 11.9. The molecule has 9 heteroatoms. The molecule has 2 N–H and O–H groups in total. The quantitative estimate of drug-likeness (QED) is 0.588. The number of furan rings is 1. The van der Waals surface area contributed by atoms with E-state index in [4.69, 9.17) is 4.42 Å². The molecule has 0 spiro atoms. The second kappa shape index (κ2) is 7.93. The molecular weight excluding hydrogens is 351 g/mol. The molecule has 0 aliphatic carbocycles. The van der Waals surface area contributed by atoms with Crippen molar-refractivity contribution in [3.8, 4) is 0 Å². The lowest BCUT2D eigenvalue weighted by Gasteiger charge is -2.16. The van der Waals surface area contributed by atoms with Crippen molar-refractivity contribution in [1.29, 1.82) is 0 Å². The topological polar surface area (TPSA) is 105 Å². The molecule has 0 saturated heterocycles. The highest BCUT2D eigenvalue weighted by Gasteiger charge is 2.32. The fourth-order valence-corrected chi connectivity index (χ4v) is 3.72. The van der Waals surface area contributed by atoms with Gasteiger partial charge in [-0.05, 0) is 43.3 Å². The van der Waals surface area contributed by atoms with Crippen LogP contribution in [0.25, 0.3) is 0 Å². The van der Waals surface area contributed by atoms with Gasteiger partial charge >= 0.3 is 11.8 Å². The molecule has 134 valence electrons.